The Kier molecular flexibility index (Phi) is 5.54. The van der Waals surface area contributed by atoms with Crippen molar-refractivity contribution in [1.29, 1.82) is 0 Å². The first-order valence-electron chi connectivity index (χ1n) is 9.34. The topological polar surface area (TPSA) is 49.4 Å². The van der Waals surface area contributed by atoms with Crippen LogP contribution in [0.25, 0.3) is 0 Å². The van der Waals surface area contributed by atoms with Gasteiger partial charge < -0.3 is 10.2 Å². The number of anilines is 1. The first-order chi connectivity index (χ1) is 11.7. The van der Waals surface area contributed by atoms with Crippen LogP contribution in [0.2, 0.25) is 0 Å². The molecule has 2 amide bonds. The molecule has 0 atom stereocenters. The molecule has 1 N–H and O–H groups in total. The standard InChI is InChI=1S/C20H28N2O2/c1-22(20(24)15-13-14-15)18-12-8-7-11-17(18)19(23)21-16-9-5-3-2-4-6-10-16/h7-8,11-12,15-16H,2-6,9-10,13-14H2,1H3,(H,21,23). The van der Waals surface area contributed by atoms with E-state index >= 15 is 0 Å². The van der Waals surface area contributed by atoms with Gasteiger partial charge >= 0.3 is 0 Å². The summed E-state index contributed by atoms with van der Waals surface area (Å²) in [4.78, 5) is 26.8. The molecule has 0 aliphatic heterocycles. The van der Waals surface area contributed by atoms with E-state index in [1.54, 1.807) is 11.9 Å². The van der Waals surface area contributed by atoms with Gasteiger partial charge in [0, 0.05) is 19.0 Å². The maximum atomic E-state index is 12.8. The Balaban J connectivity index is 1.70. The van der Waals surface area contributed by atoms with Gasteiger partial charge in [0.25, 0.3) is 5.91 Å². The SMILES string of the molecule is CN(C(=O)C1CC1)c1ccccc1C(=O)NC1CCCCCCC1. The largest absolute Gasteiger partial charge is 0.349 e. The highest BCUT2D eigenvalue weighted by Crippen LogP contribution is 2.33. The fourth-order valence-corrected chi connectivity index (χ4v) is 3.54. The molecular formula is C20H28N2O2. The van der Waals surface area contributed by atoms with E-state index in [1.807, 2.05) is 24.3 Å². The van der Waals surface area contributed by atoms with E-state index in [4.69, 9.17) is 0 Å². The molecule has 0 bridgehead atoms. The number of para-hydroxylation sites is 1. The van der Waals surface area contributed by atoms with Crippen LogP contribution >= 0.6 is 0 Å². The van der Waals surface area contributed by atoms with Crippen LogP contribution in [0.1, 0.15) is 68.1 Å². The van der Waals surface area contributed by atoms with Crippen molar-refractivity contribution in [2.75, 3.05) is 11.9 Å². The van der Waals surface area contributed by atoms with Crippen molar-refractivity contribution in [3.05, 3.63) is 29.8 Å². The molecule has 1 aromatic rings. The summed E-state index contributed by atoms with van der Waals surface area (Å²) >= 11 is 0. The lowest BCUT2D eigenvalue weighted by molar-refractivity contribution is -0.119. The van der Waals surface area contributed by atoms with E-state index in [9.17, 15) is 9.59 Å². The minimum atomic E-state index is -0.0494. The summed E-state index contributed by atoms with van der Waals surface area (Å²) in [5.74, 6) is 0.226. The molecular weight excluding hydrogens is 300 g/mol. The van der Waals surface area contributed by atoms with Crippen LogP contribution < -0.4 is 10.2 Å². The van der Waals surface area contributed by atoms with Gasteiger partial charge in [-0.15, -0.1) is 0 Å². The Morgan fingerprint density at radius 2 is 1.58 bits per heavy atom. The lowest BCUT2D eigenvalue weighted by Gasteiger charge is -2.24. The molecule has 130 valence electrons. The zero-order valence-electron chi connectivity index (χ0n) is 14.6. The van der Waals surface area contributed by atoms with Gasteiger partial charge in [0.15, 0.2) is 0 Å². The molecule has 24 heavy (non-hydrogen) atoms. The first kappa shape index (κ1) is 17.0. The molecule has 2 fully saturated rings. The van der Waals surface area contributed by atoms with E-state index in [2.05, 4.69) is 5.32 Å². The van der Waals surface area contributed by atoms with Crippen molar-refractivity contribution in [3.63, 3.8) is 0 Å². The number of carbonyl (C=O) groups excluding carboxylic acids is 2. The van der Waals surface area contributed by atoms with Crippen LogP contribution in [-0.4, -0.2) is 24.9 Å². The quantitative estimate of drug-likeness (QED) is 0.911. The molecule has 0 heterocycles. The Hall–Kier alpha value is -1.84. The van der Waals surface area contributed by atoms with Gasteiger partial charge in [0.2, 0.25) is 5.91 Å². The van der Waals surface area contributed by atoms with Crippen molar-refractivity contribution in [2.45, 2.75) is 63.8 Å². The van der Waals surface area contributed by atoms with Gasteiger partial charge in [0.05, 0.1) is 11.3 Å². The molecule has 0 spiro atoms. The first-order valence-corrected chi connectivity index (χ1v) is 9.34. The van der Waals surface area contributed by atoms with Crippen molar-refractivity contribution in [2.24, 2.45) is 5.92 Å². The van der Waals surface area contributed by atoms with Crippen molar-refractivity contribution in [1.82, 2.24) is 5.32 Å². The predicted molar refractivity (Wildman–Crippen MR) is 96.1 cm³/mol. The maximum absolute atomic E-state index is 12.8. The van der Waals surface area contributed by atoms with Gasteiger partial charge in [-0.1, -0.05) is 44.2 Å². The summed E-state index contributed by atoms with van der Waals surface area (Å²) in [5, 5.41) is 3.21. The Bertz CT molecular complexity index is 587. The van der Waals surface area contributed by atoms with Gasteiger partial charge in [-0.3, -0.25) is 9.59 Å². The van der Waals surface area contributed by atoms with E-state index in [1.165, 1.54) is 32.1 Å². The number of hydrogen-bond acceptors (Lipinski definition) is 2. The highest BCUT2D eigenvalue weighted by Gasteiger charge is 2.33. The fraction of sp³-hybridized carbons (Fsp3) is 0.600. The smallest absolute Gasteiger partial charge is 0.253 e. The average Bonchev–Trinajstić information content (AvgIpc) is 3.40. The minimum absolute atomic E-state index is 0.0494. The number of benzene rings is 1. The van der Waals surface area contributed by atoms with E-state index in [0.717, 1.165) is 31.4 Å². The number of amides is 2. The molecule has 0 radical (unpaired) electrons. The molecule has 4 nitrogen and oxygen atoms in total. The van der Waals surface area contributed by atoms with Crippen LogP contribution in [0, 0.1) is 5.92 Å². The molecule has 2 aliphatic carbocycles. The second-order valence-electron chi connectivity index (χ2n) is 7.20. The Labute approximate surface area is 144 Å². The third-order valence-corrected chi connectivity index (χ3v) is 5.21. The maximum Gasteiger partial charge on any atom is 0.253 e. The number of nitrogens with zero attached hydrogens (tertiary/aromatic N) is 1. The Morgan fingerprint density at radius 1 is 0.958 bits per heavy atom. The second kappa shape index (κ2) is 7.82. The van der Waals surface area contributed by atoms with Crippen LogP contribution in [0.5, 0.6) is 0 Å². The molecule has 0 aromatic heterocycles. The van der Waals surface area contributed by atoms with Crippen molar-refractivity contribution >= 4 is 17.5 Å². The number of carbonyl (C=O) groups is 2. The Morgan fingerprint density at radius 3 is 2.25 bits per heavy atom. The van der Waals surface area contributed by atoms with Gasteiger partial charge in [-0.05, 0) is 37.8 Å². The van der Waals surface area contributed by atoms with Crippen molar-refractivity contribution < 1.29 is 9.59 Å². The summed E-state index contributed by atoms with van der Waals surface area (Å²) in [5.41, 5.74) is 1.33. The summed E-state index contributed by atoms with van der Waals surface area (Å²) in [6, 6.07) is 7.71. The van der Waals surface area contributed by atoms with Gasteiger partial charge in [-0.2, -0.15) is 0 Å². The molecule has 1 aromatic carbocycles. The number of nitrogens with one attached hydrogen (secondary N) is 1. The molecule has 2 aliphatic rings. The van der Waals surface area contributed by atoms with E-state index < -0.39 is 0 Å². The molecule has 0 unspecified atom stereocenters. The van der Waals surface area contributed by atoms with Crippen LogP contribution in [-0.2, 0) is 4.79 Å². The average molecular weight is 328 g/mol. The fourth-order valence-electron chi connectivity index (χ4n) is 3.54. The number of hydrogen-bond donors (Lipinski definition) is 1. The van der Waals surface area contributed by atoms with Crippen LogP contribution in [0.15, 0.2) is 24.3 Å². The second-order valence-corrected chi connectivity index (χ2v) is 7.20. The third-order valence-electron chi connectivity index (χ3n) is 5.21. The normalized spacial score (nSPS) is 19.2. The number of rotatable bonds is 4. The summed E-state index contributed by atoms with van der Waals surface area (Å²) in [6.45, 7) is 0. The van der Waals surface area contributed by atoms with Gasteiger partial charge in [0.1, 0.15) is 0 Å². The highest BCUT2D eigenvalue weighted by atomic mass is 16.2. The van der Waals surface area contributed by atoms with Crippen molar-refractivity contribution in [3.8, 4) is 0 Å². The monoisotopic (exact) mass is 328 g/mol. The lowest BCUT2D eigenvalue weighted by atomic mass is 9.96. The zero-order valence-corrected chi connectivity index (χ0v) is 14.6. The summed E-state index contributed by atoms with van der Waals surface area (Å²) in [6.07, 6.45) is 10.3. The third kappa shape index (κ3) is 4.16. The summed E-state index contributed by atoms with van der Waals surface area (Å²) < 4.78 is 0. The predicted octanol–water partition coefficient (Wildman–Crippen LogP) is 3.90. The lowest BCUT2D eigenvalue weighted by Crippen LogP contribution is -2.37. The highest BCUT2D eigenvalue weighted by molar-refractivity contribution is 6.05. The summed E-state index contributed by atoms with van der Waals surface area (Å²) in [7, 11) is 1.78. The molecule has 2 saturated carbocycles. The van der Waals surface area contributed by atoms with Gasteiger partial charge in [-0.25, -0.2) is 0 Å². The molecule has 3 rings (SSSR count). The minimum Gasteiger partial charge on any atom is -0.349 e. The van der Waals surface area contributed by atoms with E-state index in [0.29, 0.717) is 5.56 Å². The van der Waals surface area contributed by atoms with Crippen LogP contribution in [0.4, 0.5) is 5.69 Å². The molecule has 0 saturated heterocycles. The molecule has 4 heteroatoms. The zero-order chi connectivity index (χ0) is 16.9. The van der Waals surface area contributed by atoms with Crippen LogP contribution in [0.3, 0.4) is 0 Å². The van der Waals surface area contributed by atoms with E-state index in [-0.39, 0.29) is 23.8 Å².